The first-order chi connectivity index (χ1) is 6.06. The zero-order valence-electron chi connectivity index (χ0n) is 9.39. The zero-order valence-corrected chi connectivity index (χ0v) is 10.2. The molecule has 0 amide bonds. The number of nitrogens with one attached hydrogen (secondary N) is 1. The smallest absolute Gasteiger partial charge is 0.0192 e. The Hall–Kier alpha value is 0.0500. The summed E-state index contributed by atoms with van der Waals surface area (Å²) in [5, 5.41) is 3.33. The van der Waals surface area contributed by atoms with Crippen molar-refractivity contribution in [2.24, 2.45) is 5.92 Å². The molecule has 2 heteroatoms. The number of hydrogen-bond donors (Lipinski definition) is 1. The van der Waals surface area contributed by atoms with Crippen LogP contribution in [0.3, 0.4) is 0 Å². The maximum absolute atomic E-state index is 3.94. The van der Waals surface area contributed by atoms with Crippen molar-refractivity contribution in [2.75, 3.05) is 18.6 Å². The normalized spacial score (nSPS) is 13.3. The highest BCUT2D eigenvalue weighted by Gasteiger charge is 2.06. The second-order valence-electron chi connectivity index (χ2n) is 4.08. The minimum atomic E-state index is 0.598. The largest absolute Gasteiger partial charge is 0.316 e. The summed E-state index contributed by atoms with van der Waals surface area (Å²) in [5.41, 5.74) is 1.27. The summed E-state index contributed by atoms with van der Waals surface area (Å²) in [7, 11) is 2.03. The first-order valence-corrected chi connectivity index (χ1v) is 6.11. The van der Waals surface area contributed by atoms with Crippen LogP contribution in [0.5, 0.6) is 0 Å². The van der Waals surface area contributed by atoms with Crippen LogP contribution in [0.15, 0.2) is 12.2 Å². The van der Waals surface area contributed by atoms with E-state index in [2.05, 4.69) is 32.7 Å². The van der Waals surface area contributed by atoms with Gasteiger partial charge in [0.2, 0.25) is 0 Å². The van der Waals surface area contributed by atoms with Crippen LogP contribution in [0.25, 0.3) is 0 Å². The predicted molar refractivity (Wildman–Crippen MR) is 64.4 cm³/mol. The Morgan fingerprint density at radius 3 is 2.38 bits per heavy atom. The molecular weight excluding hydrogens is 178 g/mol. The van der Waals surface area contributed by atoms with E-state index in [0.717, 1.165) is 12.3 Å². The molecule has 0 spiro atoms. The summed E-state index contributed by atoms with van der Waals surface area (Å²) < 4.78 is 0. The fraction of sp³-hybridized carbons (Fsp3) is 0.818. The van der Waals surface area contributed by atoms with Gasteiger partial charge in [-0.05, 0) is 32.1 Å². The van der Waals surface area contributed by atoms with Gasteiger partial charge in [0.25, 0.3) is 0 Å². The van der Waals surface area contributed by atoms with Crippen molar-refractivity contribution >= 4 is 11.8 Å². The van der Waals surface area contributed by atoms with Gasteiger partial charge in [0.15, 0.2) is 0 Å². The lowest BCUT2D eigenvalue weighted by molar-refractivity contribution is 0.613. The highest BCUT2D eigenvalue weighted by Crippen LogP contribution is 2.12. The van der Waals surface area contributed by atoms with Gasteiger partial charge in [-0.1, -0.05) is 19.4 Å². The Kier molecular flexibility index (Phi) is 7.48. The van der Waals surface area contributed by atoms with Gasteiger partial charge in [0, 0.05) is 11.8 Å². The molecular formula is C11H23NS. The third kappa shape index (κ3) is 8.38. The van der Waals surface area contributed by atoms with E-state index in [1.807, 2.05) is 18.8 Å². The maximum Gasteiger partial charge on any atom is 0.0192 e. The lowest BCUT2D eigenvalue weighted by Gasteiger charge is -2.16. The molecule has 0 heterocycles. The molecule has 0 saturated carbocycles. The molecule has 1 unspecified atom stereocenters. The standard InChI is InChI=1S/C11H23NS/c1-9(2)6-11(12-5)8-13-7-10(3)4/h10-12H,1,6-8H2,2-5H3. The van der Waals surface area contributed by atoms with Crippen molar-refractivity contribution in [2.45, 2.75) is 33.2 Å². The Labute approximate surface area is 87.4 Å². The van der Waals surface area contributed by atoms with Gasteiger partial charge < -0.3 is 5.32 Å². The van der Waals surface area contributed by atoms with E-state index < -0.39 is 0 Å². The molecule has 0 rings (SSSR count). The van der Waals surface area contributed by atoms with Crippen LogP contribution >= 0.6 is 11.8 Å². The first-order valence-electron chi connectivity index (χ1n) is 4.95. The molecule has 0 fully saturated rings. The van der Waals surface area contributed by atoms with Crippen molar-refractivity contribution in [3.8, 4) is 0 Å². The maximum atomic E-state index is 3.94. The van der Waals surface area contributed by atoms with E-state index >= 15 is 0 Å². The average molecular weight is 201 g/mol. The van der Waals surface area contributed by atoms with Crippen molar-refractivity contribution in [3.05, 3.63) is 12.2 Å². The summed E-state index contributed by atoms with van der Waals surface area (Å²) in [4.78, 5) is 0. The molecule has 0 bridgehead atoms. The topological polar surface area (TPSA) is 12.0 Å². The summed E-state index contributed by atoms with van der Waals surface area (Å²) in [6.45, 7) is 10.6. The van der Waals surface area contributed by atoms with Crippen LogP contribution in [0.2, 0.25) is 0 Å². The second kappa shape index (κ2) is 7.45. The summed E-state index contributed by atoms with van der Waals surface area (Å²) in [6, 6.07) is 0.598. The molecule has 0 aliphatic rings. The van der Waals surface area contributed by atoms with Crippen molar-refractivity contribution < 1.29 is 0 Å². The molecule has 0 radical (unpaired) electrons. The van der Waals surface area contributed by atoms with Gasteiger partial charge in [0.1, 0.15) is 0 Å². The molecule has 0 saturated heterocycles. The van der Waals surface area contributed by atoms with Gasteiger partial charge in [-0.3, -0.25) is 0 Å². The molecule has 1 atom stereocenters. The summed E-state index contributed by atoms with van der Waals surface area (Å²) >= 11 is 2.03. The lowest BCUT2D eigenvalue weighted by Crippen LogP contribution is -2.28. The first kappa shape index (κ1) is 13.1. The number of thioether (sulfide) groups is 1. The fourth-order valence-electron chi connectivity index (χ4n) is 1.11. The van der Waals surface area contributed by atoms with Gasteiger partial charge in [-0.25, -0.2) is 0 Å². The van der Waals surface area contributed by atoms with Gasteiger partial charge in [-0.2, -0.15) is 11.8 Å². The van der Waals surface area contributed by atoms with E-state index in [1.54, 1.807) is 0 Å². The minimum absolute atomic E-state index is 0.598. The highest BCUT2D eigenvalue weighted by atomic mass is 32.2. The monoisotopic (exact) mass is 201 g/mol. The van der Waals surface area contributed by atoms with Gasteiger partial charge >= 0.3 is 0 Å². The van der Waals surface area contributed by atoms with Crippen LogP contribution in [0.1, 0.15) is 27.2 Å². The lowest BCUT2D eigenvalue weighted by atomic mass is 10.1. The zero-order chi connectivity index (χ0) is 10.3. The third-order valence-corrected chi connectivity index (χ3v) is 3.31. The van der Waals surface area contributed by atoms with E-state index in [0.29, 0.717) is 6.04 Å². The van der Waals surface area contributed by atoms with Gasteiger partial charge in [-0.15, -0.1) is 6.58 Å². The van der Waals surface area contributed by atoms with E-state index in [-0.39, 0.29) is 0 Å². The van der Waals surface area contributed by atoms with Crippen LogP contribution in [-0.4, -0.2) is 24.6 Å². The van der Waals surface area contributed by atoms with Crippen LogP contribution in [-0.2, 0) is 0 Å². The molecule has 0 aliphatic carbocycles. The molecule has 0 aliphatic heterocycles. The van der Waals surface area contributed by atoms with Crippen molar-refractivity contribution in [3.63, 3.8) is 0 Å². The molecule has 1 N–H and O–H groups in total. The highest BCUT2D eigenvalue weighted by molar-refractivity contribution is 7.99. The van der Waals surface area contributed by atoms with E-state index in [1.165, 1.54) is 17.1 Å². The third-order valence-electron chi connectivity index (χ3n) is 1.77. The minimum Gasteiger partial charge on any atom is -0.316 e. The van der Waals surface area contributed by atoms with Crippen LogP contribution in [0.4, 0.5) is 0 Å². The van der Waals surface area contributed by atoms with Crippen molar-refractivity contribution in [1.82, 2.24) is 5.32 Å². The second-order valence-corrected chi connectivity index (χ2v) is 5.15. The van der Waals surface area contributed by atoms with E-state index in [9.17, 15) is 0 Å². The SMILES string of the molecule is C=C(C)CC(CSCC(C)C)NC. The Balaban J connectivity index is 3.53. The van der Waals surface area contributed by atoms with Gasteiger partial charge in [0.05, 0.1) is 0 Å². The fourth-order valence-corrected chi connectivity index (χ4v) is 2.29. The quantitative estimate of drug-likeness (QED) is 0.636. The van der Waals surface area contributed by atoms with Crippen LogP contribution in [0, 0.1) is 5.92 Å². The molecule has 0 aromatic heterocycles. The van der Waals surface area contributed by atoms with Crippen LogP contribution < -0.4 is 5.32 Å². The number of hydrogen-bond acceptors (Lipinski definition) is 2. The summed E-state index contributed by atoms with van der Waals surface area (Å²) in [6.07, 6.45) is 1.10. The molecule has 78 valence electrons. The molecule has 13 heavy (non-hydrogen) atoms. The molecule has 1 nitrogen and oxygen atoms in total. The van der Waals surface area contributed by atoms with Crippen molar-refractivity contribution in [1.29, 1.82) is 0 Å². The Morgan fingerprint density at radius 1 is 1.38 bits per heavy atom. The summed E-state index contributed by atoms with van der Waals surface area (Å²) in [5.74, 6) is 3.25. The van der Waals surface area contributed by atoms with E-state index in [4.69, 9.17) is 0 Å². The number of rotatable bonds is 7. The molecule has 0 aromatic rings. The predicted octanol–water partition coefficient (Wildman–Crippen LogP) is 2.93. The Morgan fingerprint density at radius 2 is 2.00 bits per heavy atom. The average Bonchev–Trinajstić information content (AvgIpc) is 2.01. The Bertz CT molecular complexity index is 143. The molecule has 0 aromatic carbocycles.